The van der Waals surface area contributed by atoms with E-state index >= 15 is 0 Å². The van der Waals surface area contributed by atoms with Gasteiger partial charge in [0.15, 0.2) is 10.2 Å². The summed E-state index contributed by atoms with van der Waals surface area (Å²) in [5.74, 6) is -0.279. The Morgan fingerprint density at radius 1 is 1.22 bits per heavy atom. The number of rotatable bonds is 7. The van der Waals surface area contributed by atoms with Crippen LogP contribution in [0.3, 0.4) is 0 Å². The molecule has 1 amide bonds. The minimum Gasteiger partial charge on any atom is -0.375 e. The Bertz CT molecular complexity index is 1440. The first-order chi connectivity index (χ1) is 17.9. The molecule has 3 aromatic heterocycles. The summed E-state index contributed by atoms with van der Waals surface area (Å²) in [4.78, 5) is 23.2. The number of hydrogen-bond acceptors (Lipinski definition) is 6. The third kappa shape index (κ3) is 4.85. The van der Waals surface area contributed by atoms with Crippen molar-refractivity contribution in [2.24, 2.45) is 0 Å². The number of pyridine rings is 1. The van der Waals surface area contributed by atoms with Crippen molar-refractivity contribution in [1.82, 2.24) is 19.9 Å². The second kappa shape index (κ2) is 10.6. The first-order valence-corrected chi connectivity index (χ1v) is 13.2. The maximum Gasteiger partial charge on any atom is 0.250 e. The molecular formula is C26H25ClN6O2S2. The second-order valence-electron chi connectivity index (χ2n) is 8.62. The van der Waals surface area contributed by atoms with Gasteiger partial charge in [-0.2, -0.15) is 0 Å². The van der Waals surface area contributed by atoms with Crippen LogP contribution in [0.5, 0.6) is 0 Å². The van der Waals surface area contributed by atoms with Crippen molar-refractivity contribution in [3.63, 3.8) is 0 Å². The molecule has 1 aliphatic heterocycles. The number of halogens is 1. The largest absolute Gasteiger partial charge is 0.375 e. The monoisotopic (exact) mass is 552 g/mol. The smallest absolute Gasteiger partial charge is 0.250 e. The lowest BCUT2D eigenvalue weighted by molar-refractivity contribution is -0.119. The number of thiocarbonyl (C=S) groups is 1. The van der Waals surface area contributed by atoms with Crippen LogP contribution >= 0.6 is 35.2 Å². The van der Waals surface area contributed by atoms with Gasteiger partial charge in [-0.25, -0.2) is 4.98 Å². The standard InChI is InChI=1S/C26H25ClN6O2S2/c1-15-12-18(16(2)32(15)26-29-10-11-37-26)24-23(21-6-4-5-9-28-21)31-25(36)33(24)17-7-8-20(19(27)13-17)30-22(34)14-35-3/h4-13,23-24H,14H2,1-3H3,(H,30,34)(H,31,36)/t23-,24+/m1/s1. The van der Waals surface area contributed by atoms with E-state index in [0.29, 0.717) is 15.8 Å². The van der Waals surface area contributed by atoms with Gasteiger partial charge >= 0.3 is 0 Å². The molecule has 1 fully saturated rings. The molecular weight excluding hydrogens is 528 g/mol. The minimum absolute atomic E-state index is 0.0548. The molecule has 0 unspecified atom stereocenters. The topological polar surface area (TPSA) is 84.3 Å². The molecule has 11 heteroatoms. The number of carbonyl (C=O) groups excluding carboxylic acids is 1. The summed E-state index contributed by atoms with van der Waals surface area (Å²) in [6, 6.07) is 13.1. The third-order valence-electron chi connectivity index (χ3n) is 6.28. The van der Waals surface area contributed by atoms with E-state index in [1.807, 2.05) is 41.9 Å². The molecule has 1 aliphatic rings. The van der Waals surface area contributed by atoms with Crippen LogP contribution in [0.25, 0.3) is 5.13 Å². The Balaban J connectivity index is 1.60. The van der Waals surface area contributed by atoms with E-state index in [9.17, 15) is 4.79 Å². The Kier molecular flexibility index (Phi) is 7.25. The summed E-state index contributed by atoms with van der Waals surface area (Å²) in [7, 11) is 1.47. The Hall–Kier alpha value is -3.31. The predicted molar refractivity (Wildman–Crippen MR) is 151 cm³/mol. The van der Waals surface area contributed by atoms with E-state index in [2.05, 4.69) is 50.0 Å². The molecule has 0 saturated carbocycles. The predicted octanol–water partition coefficient (Wildman–Crippen LogP) is 5.36. The number of thiazole rings is 1. The highest BCUT2D eigenvalue weighted by atomic mass is 35.5. The van der Waals surface area contributed by atoms with E-state index < -0.39 is 0 Å². The summed E-state index contributed by atoms with van der Waals surface area (Å²) >= 11 is 14.1. The molecule has 4 aromatic rings. The van der Waals surface area contributed by atoms with Gasteiger partial charge in [-0.3, -0.25) is 14.3 Å². The fourth-order valence-electron chi connectivity index (χ4n) is 4.73. The third-order valence-corrected chi connectivity index (χ3v) is 7.66. The van der Waals surface area contributed by atoms with Gasteiger partial charge in [0.2, 0.25) is 5.91 Å². The van der Waals surface area contributed by atoms with Gasteiger partial charge in [-0.15, -0.1) is 11.3 Å². The van der Waals surface area contributed by atoms with Gasteiger partial charge in [0.1, 0.15) is 6.61 Å². The normalized spacial score (nSPS) is 17.2. The fourth-order valence-corrected chi connectivity index (χ4v) is 6.05. The first kappa shape index (κ1) is 25.3. The van der Waals surface area contributed by atoms with Crippen molar-refractivity contribution in [2.75, 3.05) is 23.9 Å². The number of methoxy groups -OCH3 is 1. The molecule has 5 rings (SSSR count). The van der Waals surface area contributed by atoms with Crippen molar-refractivity contribution in [2.45, 2.75) is 25.9 Å². The highest BCUT2D eigenvalue weighted by Gasteiger charge is 2.42. The van der Waals surface area contributed by atoms with Crippen LogP contribution in [0.4, 0.5) is 11.4 Å². The van der Waals surface area contributed by atoms with Crippen LogP contribution in [0, 0.1) is 13.8 Å². The second-order valence-corrected chi connectivity index (χ2v) is 10.3. The van der Waals surface area contributed by atoms with E-state index in [1.165, 1.54) is 7.11 Å². The van der Waals surface area contributed by atoms with Crippen molar-refractivity contribution < 1.29 is 9.53 Å². The molecule has 2 N–H and O–H groups in total. The van der Waals surface area contributed by atoms with Gasteiger partial charge < -0.3 is 20.3 Å². The lowest BCUT2D eigenvalue weighted by Crippen LogP contribution is -2.29. The maximum absolute atomic E-state index is 12.0. The highest BCUT2D eigenvalue weighted by molar-refractivity contribution is 7.80. The number of ether oxygens (including phenoxy) is 1. The number of benzene rings is 1. The summed E-state index contributed by atoms with van der Waals surface area (Å²) < 4.78 is 7.06. The Morgan fingerprint density at radius 2 is 2.05 bits per heavy atom. The summed E-state index contributed by atoms with van der Waals surface area (Å²) in [5.41, 5.74) is 5.44. The Morgan fingerprint density at radius 3 is 2.73 bits per heavy atom. The minimum atomic E-state index is -0.279. The summed E-state index contributed by atoms with van der Waals surface area (Å²) in [6.07, 6.45) is 3.59. The van der Waals surface area contributed by atoms with Crippen LogP contribution in [-0.2, 0) is 9.53 Å². The van der Waals surface area contributed by atoms with Gasteiger partial charge in [0.25, 0.3) is 0 Å². The van der Waals surface area contributed by atoms with Crippen LogP contribution in [0.15, 0.2) is 60.2 Å². The molecule has 1 aromatic carbocycles. The average Bonchev–Trinajstić information content (AvgIpc) is 3.59. The van der Waals surface area contributed by atoms with Crippen molar-refractivity contribution in [3.8, 4) is 5.13 Å². The zero-order valence-corrected chi connectivity index (χ0v) is 22.8. The summed E-state index contributed by atoms with van der Waals surface area (Å²) in [6.45, 7) is 4.12. The van der Waals surface area contributed by atoms with Crippen LogP contribution in [0.1, 0.15) is 34.7 Å². The quantitative estimate of drug-likeness (QED) is 0.298. The van der Waals surface area contributed by atoms with Gasteiger partial charge in [0.05, 0.1) is 28.5 Å². The number of anilines is 2. The summed E-state index contributed by atoms with van der Waals surface area (Å²) in [5, 5.41) is 10.1. The molecule has 1 saturated heterocycles. The fraction of sp³-hybridized carbons (Fsp3) is 0.231. The molecule has 37 heavy (non-hydrogen) atoms. The zero-order chi connectivity index (χ0) is 26.1. The first-order valence-electron chi connectivity index (χ1n) is 11.6. The van der Waals surface area contributed by atoms with Crippen molar-refractivity contribution >= 4 is 57.5 Å². The molecule has 0 spiro atoms. The molecule has 190 valence electrons. The number of amides is 1. The van der Waals surface area contributed by atoms with Crippen molar-refractivity contribution in [1.29, 1.82) is 0 Å². The highest BCUT2D eigenvalue weighted by Crippen LogP contribution is 2.44. The number of hydrogen-bond donors (Lipinski definition) is 2. The van der Waals surface area contributed by atoms with E-state index in [0.717, 1.165) is 33.5 Å². The van der Waals surface area contributed by atoms with E-state index in [1.54, 1.807) is 23.6 Å². The zero-order valence-electron chi connectivity index (χ0n) is 20.4. The molecule has 8 nitrogen and oxygen atoms in total. The van der Waals surface area contributed by atoms with Crippen LogP contribution in [-0.4, -0.2) is 39.3 Å². The van der Waals surface area contributed by atoms with Crippen LogP contribution in [0.2, 0.25) is 5.02 Å². The number of carbonyl (C=O) groups is 1. The molecule has 2 atom stereocenters. The SMILES string of the molecule is COCC(=O)Nc1ccc(N2C(=S)N[C@H](c3ccccn3)[C@@H]2c2cc(C)n(-c3nccs3)c2C)cc1Cl. The number of nitrogens with zero attached hydrogens (tertiary/aromatic N) is 4. The van der Waals surface area contributed by atoms with Gasteiger partial charge in [-0.05, 0) is 68.0 Å². The van der Waals surface area contributed by atoms with Gasteiger partial charge in [-0.1, -0.05) is 17.7 Å². The lowest BCUT2D eigenvalue weighted by atomic mass is 9.96. The number of aromatic nitrogens is 3. The Labute approximate surface area is 229 Å². The van der Waals surface area contributed by atoms with E-state index in [4.69, 9.17) is 28.6 Å². The molecule has 4 heterocycles. The average molecular weight is 553 g/mol. The lowest BCUT2D eigenvalue weighted by Gasteiger charge is -2.28. The van der Waals surface area contributed by atoms with Crippen LogP contribution < -0.4 is 15.5 Å². The molecule has 0 radical (unpaired) electrons. The van der Waals surface area contributed by atoms with Crippen molar-refractivity contribution in [3.05, 3.63) is 87.9 Å². The number of aryl methyl sites for hydroxylation is 1. The van der Waals surface area contributed by atoms with Gasteiger partial charge in [0, 0.05) is 42.0 Å². The maximum atomic E-state index is 12.0. The molecule has 0 aliphatic carbocycles. The number of nitrogens with one attached hydrogen (secondary N) is 2. The van der Waals surface area contributed by atoms with E-state index in [-0.39, 0.29) is 24.6 Å². The molecule has 0 bridgehead atoms.